The molecule has 0 bridgehead atoms. The second-order valence-electron chi connectivity index (χ2n) is 4.95. The van der Waals surface area contributed by atoms with Gasteiger partial charge >= 0.3 is 6.18 Å². The van der Waals surface area contributed by atoms with Crippen molar-refractivity contribution in [2.45, 2.75) is 24.9 Å². The van der Waals surface area contributed by atoms with Crippen molar-refractivity contribution in [1.29, 1.82) is 0 Å². The second-order valence-corrected chi connectivity index (χ2v) is 4.95. The Bertz CT molecular complexity index is 546. The van der Waals surface area contributed by atoms with Gasteiger partial charge in [0, 0.05) is 31.6 Å². The number of rotatable bonds is 1. The number of nitrogens with two attached hydrogens (primary N) is 1. The molecule has 1 amide bonds. The van der Waals surface area contributed by atoms with Gasteiger partial charge in [0.2, 0.25) is 0 Å². The largest absolute Gasteiger partial charge is 0.417 e. The van der Waals surface area contributed by atoms with Crippen molar-refractivity contribution in [3.8, 4) is 0 Å². The molecule has 8 heteroatoms. The van der Waals surface area contributed by atoms with Gasteiger partial charge in [0.15, 0.2) is 0 Å². The Morgan fingerprint density at radius 1 is 1.19 bits per heavy atom. The van der Waals surface area contributed by atoms with Crippen molar-refractivity contribution < 1.29 is 26.7 Å². The van der Waals surface area contributed by atoms with Gasteiger partial charge in [-0.15, -0.1) is 0 Å². The van der Waals surface area contributed by atoms with Gasteiger partial charge in [-0.2, -0.15) is 13.2 Å². The average Bonchev–Trinajstić information content (AvgIpc) is 2.37. The lowest BCUT2D eigenvalue weighted by molar-refractivity contribution is -0.138. The number of hydrogen-bond donors (Lipinski definition) is 1. The van der Waals surface area contributed by atoms with E-state index in [4.69, 9.17) is 5.73 Å². The maximum Gasteiger partial charge on any atom is 0.417 e. The number of anilines is 1. The molecule has 3 nitrogen and oxygen atoms in total. The molecular weight excluding hydrogens is 295 g/mol. The Morgan fingerprint density at radius 3 is 2.29 bits per heavy atom. The van der Waals surface area contributed by atoms with Crippen LogP contribution in [0.25, 0.3) is 0 Å². The Morgan fingerprint density at radius 2 is 1.76 bits per heavy atom. The van der Waals surface area contributed by atoms with E-state index in [1.54, 1.807) is 0 Å². The van der Waals surface area contributed by atoms with E-state index in [0.717, 1.165) is 11.0 Å². The average molecular weight is 308 g/mol. The molecule has 1 aliphatic heterocycles. The fraction of sp³-hybridized carbons (Fsp3) is 0.462. The van der Waals surface area contributed by atoms with Crippen molar-refractivity contribution in [1.82, 2.24) is 4.90 Å². The molecule has 0 spiro atoms. The van der Waals surface area contributed by atoms with Gasteiger partial charge in [-0.3, -0.25) is 4.79 Å². The van der Waals surface area contributed by atoms with Crippen molar-refractivity contribution in [2.24, 2.45) is 0 Å². The predicted molar refractivity (Wildman–Crippen MR) is 65.9 cm³/mol. The number of hydrogen-bond acceptors (Lipinski definition) is 2. The van der Waals surface area contributed by atoms with Gasteiger partial charge in [0.05, 0.1) is 11.1 Å². The van der Waals surface area contributed by atoms with Crippen molar-refractivity contribution in [2.75, 3.05) is 18.8 Å². The monoisotopic (exact) mass is 308 g/mol. The van der Waals surface area contributed by atoms with Crippen LogP contribution in [-0.4, -0.2) is 29.8 Å². The van der Waals surface area contributed by atoms with Crippen LogP contribution in [0.2, 0.25) is 0 Å². The third-order valence-corrected chi connectivity index (χ3v) is 3.36. The SMILES string of the molecule is Nc1ccc(C(=O)N2CCC(F)(F)CC2)c(C(F)(F)F)c1. The molecule has 1 aliphatic rings. The molecule has 1 aromatic rings. The van der Waals surface area contributed by atoms with Crippen LogP contribution in [0.4, 0.5) is 27.6 Å². The smallest absolute Gasteiger partial charge is 0.399 e. The summed E-state index contributed by atoms with van der Waals surface area (Å²) < 4.78 is 64.9. The van der Waals surface area contributed by atoms with E-state index in [-0.39, 0.29) is 18.8 Å². The van der Waals surface area contributed by atoms with E-state index in [9.17, 15) is 26.7 Å². The van der Waals surface area contributed by atoms with E-state index in [0.29, 0.717) is 6.07 Å². The highest BCUT2D eigenvalue weighted by Crippen LogP contribution is 2.35. The Labute approximate surface area is 117 Å². The standard InChI is InChI=1S/C13H13F5N2O/c14-12(15)3-5-20(6-4-12)11(21)9-2-1-8(19)7-10(9)13(16,17)18/h1-2,7H,3-6,19H2. The molecule has 0 unspecified atom stereocenters. The molecule has 1 aromatic carbocycles. The lowest BCUT2D eigenvalue weighted by atomic mass is 10.0. The number of carbonyl (C=O) groups is 1. The highest BCUT2D eigenvalue weighted by Gasteiger charge is 2.39. The van der Waals surface area contributed by atoms with Crippen LogP contribution in [0.5, 0.6) is 0 Å². The summed E-state index contributed by atoms with van der Waals surface area (Å²) in [6.07, 6.45) is -5.83. The molecular formula is C13H13F5N2O. The van der Waals surface area contributed by atoms with Crippen LogP contribution >= 0.6 is 0 Å². The molecule has 0 aliphatic carbocycles. The zero-order chi connectivity index (χ0) is 15.8. The van der Waals surface area contributed by atoms with E-state index < -0.39 is 42.0 Å². The number of piperidine rings is 1. The lowest BCUT2D eigenvalue weighted by Gasteiger charge is -2.32. The minimum Gasteiger partial charge on any atom is -0.399 e. The summed E-state index contributed by atoms with van der Waals surface area (Å²) in [6.45, 7) is -0.541. The van der Waals surface area contributed by atoms with Crippen LogP contribution in [0.1, 0.15) is 28.8 Å². The fourth-order valence-corrected chi connectivity index (χ4v) is 2.19. The normalized spacial score (nSPS) is 18.6. The summed E-state index contributed by atoms with van der Waals surface area (Å²) in [5.41, 5.74) is 3.48. The molecule has 0 aromatic heterocycles. The number of amides is 1. The minimum atomic E-state index is -4.74. The molecule has 1 heterocycles. The zero-order valence-corrected chi connectivity index (χ0v) is 10.9. The van der Waals surface area contributed by atoms with Crippen LogP contribution in [0, 0.1) is 0 Å². The van der Waals surface area contributed by atoms with Gasteiger partial charge in [-0.1, -0.05) is 0 Å². The van der Waals surface area contributed by atoms with E-state index in [1.165, 1.54) is 6.07 Å². The summed E-state index contributed by atoms with van der Waals surface area (Å²) >= 11 is 0. The topological polar surface area (TPSA) is 46.3 Å². The zero-order valence-electron chi connectivity index (χ0n) is 10.9. The number of carbonyl (C=O) groups excluding carboxylic acids is 1. The molecule has 1 fully saturated rings. The van der Waals surface area contributed by atoms with Gasteiger partial charge in [-0.25, -0.2) is 8.78 Å². The third-order valence-electron chi connectivity index (χ3n) is 3.36. The number of benzene rings is 1. The van der Waals surface area contributed by atoms with Crippen LogP contribution in [0.15, 0.2) is 18.2 Å². The second kappa shape index (κ2) is 5.16. The summed E-state index contributed by atoms with van der Waals surface area (Å²) in [5.74, 6) is -3.78. The fourth-order valence-electron chi connectivity index (χ4n) is 2.19. The molecule has 21 heavy (non-hydrogen) atoms. The Balaban J connectivity index is 2.28. The van der Waals surface area contributed by atoms with Gasteiger partial charge in [0.25, 0.3) is 11.8 Å². The number of likely N-dealkylation sites (tertiary alicyclic amines) is 1. The summed E-state index contributed by atoms with van der Waals surface area (Å²) in [7, 11) is 0. The summed E-state index contributed by atoms with van der Waals surface area (Å²) in [5, 5.41) is 0. The van der Waals surface area contributed by atoms with Gasteiger partial charge < -0.3 is 10.6 Å². The Hall–Kier alpha value is -1.86. The van der Waals surface area contributed by atoms with E-state index in [2.05, 4.69) is 0 Å². The molecule has 2 N–H and O–H groups in total. The maximum atomic E-state index is 13.0. The number of nitrogen functional groups attached to an aromatic ring is 1. The first-order valence-corrected chi connectivity index (χ1v) is 6.24. The molecule has 116 valence electrons. The molecule has 0 atom stereocenters. The predicted octanol–water partition coefficient (Wildman–Crippen LogP) is 3.16. The Kier molecular flexibility index (Phi) is 3.81. The first-order valence-electron chi connectivity index (χ1n) is 6.24. The highest BCUT2D eigenvalue weighted by atomic mass is 19.4. The van der Waals surface area contributed by atoms with Gasteiger partial charge in [-0.05, 0) is 18.2 Å². The molecule has 0 saturated carbocycles. The van der Waals surface area contributed by atoms with Crippen LogP contribution < -0.4 is 5.73 Å². The lowest BCUT2D eigenvalue weighted by Crippen LogP contribution is -2.43. The number of halogens is 5. The third kappa shape index (κ3) is 3.43. The quantitative estimate of drug-likeness (QED) is 0.640. The van der Waals surface area contributed by atoms with Crippen molar-refractivity contribution in [3.63, 3.8) is 0 Å². The van der Waals surface area contributed by atoms with Gasteiger partial charge in [0.1, 0.15) is 0 Å². The summed E-state index contributed by atoms with van der Waals surface area (Å²) in [4.78, 5) is 13.1. The molecule has 0 radical (unpaired) electrons. The van der Waals surface area contributed by atoms with Crippen molar-refractivity contribution >= 4 is 11.6 Å². The van der Waals surface area contributed by atoms with E-state index >= 15 is 0 Å². The number of nitrogens with zero attached hydrogens (tertiary/aromatic N) is 1. The molecule has 1 saturated heterocycles. The molecule has 2 rings (SSSR count). The first kappa shape index (κ1) is 15.5. The van der Waals surface area contributed by atoms with Crippen LogP contribution in [0.3, 0.4) is 0 Å². The minimum absolute atomic E-state index is 0.121. The highest BCUT2D eigenvalue weighted by molar-refractivity contribution is 5.96. The van der Waals surface area contributed by atoms with Crippen molar-refractivity contribution in [3.05, 3.63) is 29.3 Å². The number of alkyl halides is 5. The first-order chi connectivity index (χ1) is 9.60. The summed E-state index contributed by atoms with van der Waals surface area (Å²) in [6, 6.07) is 2.83. The van der Waals surface area contributed by atoms with Crippen LogP contribution in [-0.2, 0) is 6.18 Å². The maximum absolute atomic E-state index is 13.0. The van der Waals surface area contributed by atoms with E-state index in [1.807, 2.05) is 0 Å².